The molecule has 2 fully saturated rings. The first-order valence-electron chi connectivity index (χ1n) is 8.53. The van der Waals surface area contributed by atoms with Crippen molar-refractivity contribution < 1.29 is 61.4 Å². The van der Waals surface area contributed by atoms with Crippen molar-refractivity contribution in [3.8, 4) is 0 Å². The summed E-state index contributed by atoms with van der Waals surface area (Å²) in [6, 6.07) is 3.06. The summed E-state index contributed by atoms with van der Waals surface area (Å²) in [5, 5.41) is 25.3. The maximum Gasteiger partial charge on any atom is 0.490 e. The zero-order valence-electron chi connectivity index (χ0n) is 15.6. The molecule has 2 aromatic rings. The van der Waals surface area contributed by atoms with Gasteiger partial charge in [0, 0.05) is 6.42 Å². The third-order valence-corrected chi connectivity index (χ3v) is 8.81. The molecule has 0 radical (unpaired) electrons. The minimum atomic E-state index is -5.70. The van der Waals surface area contributed by atoms with E-state index < -0.39 is 53.5 Å². The van der Waals surface area contributed by atoms with Crippen LogP contribution >= 0.6 is 23.5 Å². The van der Waals surface area contributed by atoms with E-state index in [0.29, 0.717) is 5.52 Å². The second-order valence-corrected chi connectivity index (χ2v) is 11.6. The van der Waals surface area contributed by atoms with Gasteiger partial charge in [0.1, 0.15) is 35.3 Å². The van der Waals surface area contributed by atoms with E-state index in [2.05, 4.69) is 23.2 Å². The molecule has 2 aliphatic rings. The van der Waals surface area contributed by atoms with Crippen molar-refractivity contribution in [1.29, 1.82) is 0 Å². The fourth-order valence-electron chi connectivity index (χ4n) is 3.58. The number of nitrogen functional groups attached to an aromatic ring is 1. The van der Waals surface area contributed by atoms with Crippen LogP contribution < -0.4 is 5.73 Å². The zero-order valence-corrected chi connectivity index (χ0v) is 18.3. The quantitative estimate of drug-likeness (QED) is 0.206. The van der Waals surface area contributed by atoms with Gasteiger partial charge in [-0.15, -0.1) is 0 Å². The lowest BCUT2D eigenvalue weighted by molar-refractivity contribution is -0.0568. The molecular weight excluding hydrogens is 501 g/mol. The number of ether oxygens (including phenoxy) is 1. The van der Waals surface area contributed by atoms with Crippen molar-refractivity contribution in [1.82, 2.24) is 14.6 Å². The summed E-state index contributed by atoms with van der Waals surface area (Å²) in [5.74, 6) is 0.144. The van der Waals surface area contributed by atoms with Gasteiger partial charge in [-0.3, -0.25) is 4.52 Å². The first-order valence-corrected chi connectivity index (χ1v) is 13.1. The van der Waals surface area contributed by atoms with Gasteiger partial charge in [-0.2, -0.15) is 13.7 Å². The molecule has 178 valence electrons. The summed E-state index contributed by atoms with van der Waals surface area (Å²) in [4.78, 5) is 39.7. The molecule has 2 aromatic heterocycles. The van der Waals surface area contributed by atoms with Crippen molar-refractivity contribution in [3.63, 3.8) is 0 Å². The molecule has 1 saturated heterocycles. The number of nitrogens with zero attached hydrogens (tertiary/aromatic N) is 3. The van der Waals surface area contributed by atoms with Crippen molar-refractivity contribution in [3.05, 3.63) is 24.2 Å². The largest absolute Gasteiger partial charge is 0.490 e. The van der Waals surface area contributed by atoms with Crippen molar-refractivity contribution in [2.24, 2.45) is 0 Å². The molecule has 17 nitrogen and oxygen atoms in total. The number of aliphatic hydroxyl groups excluding tert-OH is 1. The second-order valence-electron chi connectivity index (χ2n) is 7.14. The summed E-state index contributed by atoms with van der Waals surface area (Å²) in [5.41, 5.74) is 2.82. The van der Waals surface area contributed by atoms with E-state index in [1.54, 1.807) is 6.07 Å². The highest BCUT2D eigenvalue weighted by Gasteiger charge is 2.80. The average Bonchev–Trinajstić information content (AvgIpc) is 2.91. The highest BCUT2D eigenvalue weighted by molar-refractivity contribution is 7.66. The van der Waals surface area contributed by atoms with Crippen molar-refractivity contribution in [2.45, 2.75) is 29.8 Å². The average molecular weight is 518 g/mol. The number of aromatic nitrogens is 3. The SMILES string of the molecule is Nc1ncnn2c([C@@H]3O[C@@]4(COP(=O)(O)OP(=O)(O)OP(=O)(O)O)C[C@]4(O)[C@H]3O)ccc12. The number of aliphatic hydroxyl groups is 2. The number of phosphoric acid groups is 3. The number of hydrogen-bond acceptors (Lipinski definition) is 12. The van der Waals surface area contributed by atoms with Crippen LogP contribution in [0.3, 0.4) is 0 Å². The van der Waals surface area contributed by atoms with E-state index in [9.17, 15) is 33.7 Å². The van der Waals surface area contributed by atoms with Gasteiger partial charge in [0.2, 0.25) is 0 Å². The number of hydrogen-bond donors (Lipinski definition) is 7. The summed E-state index contributed by atoms with van der Waals surface area (Å²) in [6.07, 6.45) is -1.77. The lowest BCUT2D eigenvalue weighted by Gasteiger charge is -2.21. The Labute approximate surface area is 177 Å². The van der Waals surface area contributed by atoms with Crippen LogP contribution in [0, 0.1) is 0 Å². The number of rotatable bonds is 8. The lowest BCUT2D eigenvalue weighted by atomic mass is 10.0. The molecule has 2 unspecified atom stereocenters. The maximum absolute atomic E-state index is 12.0. The number of anilines is 1. The summed E-state index contributed by atoms with van der Waals surface area (Å²) >= 11 is 0. The van der Waals surface area contributed by atoms with Crippen LogP contribution in [0.1, 0.15) is 18.2 Å². The van der Waals surface area contributed by atoms with Gasteiger partial charge >= 0.3 is 23.5 Å². The van der Waals surface area contributed by atoms with Crippen LogP contribution in [0.5, 0.6) is 0 Å². The summed E-state index contributed by atoms with van der Waals surface area (Å²) in [7, 11) is -16.7. The smallest absolute Gasteiger partial charge is 0.387 e. The molecule has 0 aromatic carbocycles. The Bertz CT molecular complexity index is 1220. The van der Waals surface area contributed by atoms with Crippen molar-refractivity contribution in [2.75, 3.05) is 12.3 Å². The Kier molecular flexibility index (Phi) is 5.48. The van der Waals surface area contributed by atoms with Gasteiger partial charge in [-0.1, -0.05) is 0 Å². The number of phosphoric ester groups is 1. The standard InChI is InChI=1S/C12H17N4O13P3/c13-10-7-2-1-6(16(7)15-5-14-10)8-9(17)12(18)3-11(12,27-8)4-26-31(22,23)29-32(24,25)28-30(19,20)21/h1-2,5,8-9,17-18H,3-4H2,(H,22,23)(H,24,25)(H2,13,14,15)(H2,19,20,21)/t8-,9-,11+,12-/m0/s1. The van der Waals surface area contributed by atoms with E-state index in [4.69, 9.17) is 20.3 Å². The van der Waals surface area contributed by atoms with Gasteiger partial charge < -0.3 is 40.3 Å². The minimum Gasteiger partial charge on any atom is -0.387 e. The fraction of sp³-hybridized carbons (Fsp3) is 0.500. The minimum absolute atomic E-state index is 0.144. The Balaban J connectivity index is 1.50. The summed E-state index contributed by atoms with van der Waals surface area (Å²) in [6.45, 7) is -0.902. The first kappa shape index (κ1) is 23.9. The zero-order chi connectivity index (χ0) is 23.7. The van der Waals surface area contributed by atoms with Crippen LogP contribution in [-0.2, 0) is 31.6 Å². The molecule has 3 heterocycles. The van der Waals surface area contributed by atoms with E-state index in [-0.39, 0.29) is 17.9 Å². The maximum atomic E-state index is 12.0. The van der Waals surface area contributed by atoms with Crippen LogP contribution in [-0.4, -0.2) is 68.3 Å². The van der Waals surface area contributed by atoms with E-state index >= 15 is 0 Å². The molecule has 32 heavy (non-hydrogen) atoms. The van der Waals surface area contributed by atoms with E-state index in [0.717, 1.165) is 6.33 Å². The lowest BCUT2D eigenvalue weighted by Crippen LogP contribution is -2.34. The fourth-order valence-corrected chi connectivity index (χ4v) is 6.64. The Hall–Kier alpha value is -1.29. The third-order valence-electron chi connectivity index (χ3n) is 5.03. The van der Waals surface area contributed by atoms with Crippen LogP contribution in [0.4, 0.5) is 5.82 Å². The van der Waals surface area contributed by atoms with Gasteiger partial charge in [0.05, 0.1) is 12.3 Å². The Morgan fingerprint density at radius 2 is 1.88 bits per heavy atom. The highest BCUT2D eigenvalue weighted by atomic mass is 31.3. The predicted octanol–water partition coefficient (Wildman–Crippen LogP) is -1.04. The number of nitrogens with two attached hydrogens (primary N) is 1. The molecule has 1 aliphatic heterocycles. The molecule has 0 amide bonds. The molecular formula is C12H17N4O13P3. The topological polar surface area (TPSA) is 266 Å². The summed E-state index contributed by atoms with van der Waals surface area (Å²) < 4.78 is 52.9. The van der Waals surface area contributed by atoms with E-state index in [1.165, 1.54) is 10.6 Å². The normalized spacial score (nSPS) is 33.6. The van der Waals surface area contributed by atoms with Gasteiger partial charge in [-0.25, -0.2) is 23.2 Å². The monoisotopic (exact) mass is 518 g/mol. The van der Waals surface area contributed by atoms with Crippen LogP contribution in [0.15, 0.2) is 18.5 Å². The van der Waals surface area contributed by atoms with Crippen LogP contribution in [0.25, 0.3) is 5.52 Å². The van der Waals surface area contributed by atoms with E-state index in [1.807, 2.05) is 0 Å². The molecule has 1 saturated carbocycles. The molecule has 4 rings (SSSR count). The Morgan fingerprint density at radius 1 is 1.19 bits per heavy atom. The van der Waals surface area contributed by atoms with Crippen LogP contribution in [0.2, 0.25) is 0 Å². The third kappa shape index (κ3) is 4.17. The first-order chi connectivity index (χ1) is 14.6. The molecule has 0 spiro atoms. The van der Waals surface area contributed by atoms with Gasteiger partial charge in [-0.05, 0) is 12.1 Å². The molecule has 8 N–H and O–H groups in total. The molecule has 0 bridgehead atoms. The second kappa shape index (κ2) is 7.35. The molecule has 6 atom stereocenters. The molecule has 20 heteroatoms. The predicted molar refractivity (Wildman–Crippen MR) is 99.3 cm³/mol. The van der Waals surface area contributed by atoms with Gasteiger partial charge in [0.25, 0.3) is 0 Å². The Morgan fingerprint density at radius 3 is 2.53 bits per heavy atom. The number of fused-ring (bicyclic) bond motifs is 2. The van der Waals surface area contributed by atoms with Crippen molar-refractivity contribution >= 4 is 34.8 Å². The highest BCUT2D eigenvalue weighted by Crippen LogP contribution is 2.68. The van der Waals surface area contributed by atoms with Gasteiger partial charge in [0.15, 0.2) is 5.82 Å². The molecule has 1 aliphatic carbocycles.